The van der Waals surface area contributed by atoms with Crippen molar-refractivity contribution >= 4 is 5.91 Å². The van der Waals surface area contributed by atoms with Crippen molar-refractivity contribution in [3.8, 4) is 0 Å². The number of hydrogen-bond acceptors (Lipinski definition) is 2. The van der Waals surface area contributed by atoms with Crippen molar-refractivity contribution < 1.29 is 4.79 Å². The topological polar surface area (TPSA) is 46.3 Å². The van der Waals surface area contributed by atoms with Gasteiger partial charge in [-0.15, -0.1) is 0 Å². The van der Waals surface area contributed by atoms with Crippen LogP contribution in [0.5, 0.6) is 0 Å². The van der Waals surface area contributed by atoms with Crippen LogP contribution in [0.15, 0.2) is 11.8 Å². The van der Waals surface area contributed by atoms with E-state index >= 15 is 0 Å². The Kier molecular flexibility index (Phi) is 6.89. The van der Waals surface area contributed by atoms with Gasteiger partial charge in [0.1, 0.15) is 0 Å². The second kappa shape index (κ2) is 7.42. The Morgan fingerprint density at radius 1 is 1.29 bits per heavy atom. The molecule has 0 spiro atoms. The normalized spacial score (nSPS) is 11.5. The summed E-state index contributed by atoms with van der Waals surface area (Å²) in [4.78, 5) is 13.2. The van der Waals surface area contributed by atoms with Crippen LogP contribution >= 0.6 is 0 Å². The zero-order valence-electron chi connectivity index (χ0n) is 9.55. The predicted octanol–water partition coefficient (Wildman–Crippen LogP) is 1.89. The summed E-state index contributed by atoms with van der Waals surface area (Å²) in [6.07, 6.45) is 5.14. The SMILES string of the molecule is CCCC/C=C(\C(N)=O)N(CC)CC. The maximum atomic E-state index is 11.2. The lowest BCUT2D eigenvalue weighted by atomic mass is 10.2. The Bertz CT molecular complexity index is 195. The first-order chi connectivity index (χ1) is 6.67. The number of nitrogens with zero attached hydrogens (tertiary/aromatic N) is 1. The van der Waals surface area contributed by atoms with Gasteiger partial charge in [-0.05, 0) is 26.7 Å². The molecule has 3 heteroatoms. The first kappa shape index (κ1) is 13.0. The number of carbonyl (C=O) groups excluding carboxylic acids is 1. The highest BCUT2D eigenvalue weighted by Gasteiger charge is 2.10. The molecule has 3 nitrogen and oxygen atoms in total. The van der Waals surface area contributed by atoms with Gasteiger partial charge in [0.25, 0.3) is 5.91 Å². The van der Waals surface area contributed by atoms with Crippen LogP contribution in [-0.2, 0) is 4.79 Å². The van der Waals surface area contributed by atoms with E-state index in [-0.39, 0.29) is 5.91 Å². The number of amides is 1. The number of allylic oxidation sites excluding steroid dienone is 1. The summed E-state index contributed by atoms with van der Waals surface area (Å²) in [5.41, 5.74) is 5.99. The van der Waals surface area contributed by atoms with Gasteiger partial charge in [-0.25, -0.2) is 0 Å². The van der Waals surface area contributed by atoms with Crippen LogP contribution in [0.3, 0.4) is 0 Å². The monoisotopic (exact) mass is 198 g/mol. The van der Waals surface area contributed by atoms with Gasteiger partial charge in [0.15, 0.2) is 0 Å². The molecular formula is C11H22N2O. The van der Waals surface area contributed by atoms with Crippen LogP contribution in [0.1, 0.15) is 40.0 Å². The van der Waals surface area contributed by atoms with Gasteiger partial charge in [0.2, 0.25) is 0 Å². The van der Waals surface area contributed by atoms with Gasteiger partial charge < -0.3 is 10.6 Å². The number of hydrogen-bond donors (Lipinski definition) is 1. The highest BCUT2D eigenvalue weighted by Crippen LogP contribution is 2.06. The van der Waals surface area contributed by atoms with Gasteiger partial charge in [-0.3, -0.25) is 4.79 Å². The molecule has 0 aromatic heterocycles. The number of unbranched alkanes of at least 4 members (excludes halogenated alkanes) is 2. The Morgan fingerprint density at radius 2 is 1.86 bits per heavy atom. The highest BCUT2D eigenvalue weighted by atomic mass is 16.1. The van der Waals surface area contributed by atoms with E-state index in [4.69, 9.17) is 5.73 Å². The van der Waals surface area contributed by atoms with E-state index in [1.165, 1.54) is 0 Å². The van der Waals surface area contributed by atoms with Crippen molar-refractivity contribution in [1.29, 1.82) is 0 Å². The van der Waals surface area contributed by atoms with E-state index < -0.39 is 0 Å². The lowest BCUT2D eigenvalue weighted by Gasteiger charge is -2.22. The molecule has 0 aromatic carbocycles. The van der Waals surface area contributed by atoms with E-state index in [1.54, 1.807) is 0 Å². The average Bonchev–Trinajstić information content (AvgIpc) is 2.17. The number of carbonyl (C=O) groups is 1. The largest absolute Gasteiger partial charge is 0.368 e. The zero-order valence-corrected chi connectivity index (χ0v) is 9.55. The van der Waals surface area contributed by atoms with Crippen LogP contribution < -0.4 is 5.73 Å². The van der Waals surface area contributed by atoms with Crippen molar-refractivity contribution in [3.63, 3.8) is 0 Å². The fraction of sp³-hybridized carbons (Fsp3) is 0.727. The summed E-state index contributed by atoms with van der Waals surface area (Å²) < 4.78 is 0. The summed E-state index contributed by atoms with van der Waals surface area (Å²) in [6, 6.07) is 0. The molecule has 0 aliphatic carbocycles. The Hall–Kier alpha value is -0.990. The molecule has 0 bridgehead atoms. The van der Waals surface area contributed by atoms with E-state index in [1.807, 2.05) is 24.8 Å². The molecular weight excluding hydrogens is 176 g/mol. The van der Waals surface area contributed by atoms with E-state index in [0.717, 1.165) is 32.4 Å². The molecule has 0 heterocycles. The lowest BCUT2D eigenvalue weighted by molar-refractivity contribution is -0.116. The summed E-state index contributed by atoms with van der Waals surface area (Å²) >= 11 is 0. The van der Waals surface area contributed by atoms with Crippen LogP contribution in [0.2, 0.25) is 0 Å². The van der Waals surface area contributed by atoms with E-state index in [9.17, 15) is 4.79 Å². The number of nitrogens with two attached hydrogens (primary N) is 1. The summed E-state index contributed by atoms with van der Waals surface area (Å²) in [6.45, 7) is 7.85. The second-order valence-corrected chi connectivity index (χ2v) is 3.27. The number of likely N-dealkylation sites (N-methyl/N-ethyl adjacent to an activating group) is 1. The highest BCUT2D eigenvalue weighted by molar-refractivity contribution is 5.91. The van der Waals surface area contributed by atoms with Gasteiger partial charge in [0, 0.05) is 13.1 Å². The molecule has 0 aliphatic heterocycles. The third kappa shape index (κ3) is 4.30. The minimum absolute atomic E-state index is 0.315. The molecule has 0 fully saturated rings. The van der Waals surface area contributed by atoms with Gasteiger partial charge >= 0.3 is 0 Å². The first-order valence-electron chi connectivity index (χ1n) is 5.42. The molecule has 82 valence electrons. The fourth-order valence-corrected chi connectivity index (χ4v) is 1.39. The minimum Gasteiger partial charge on any atom is -0.368 e. The van der Waals surface area contributed by atoms with Crippen molar-refractivity contribution in [3.05, 3.63) is 11.8 Å². The van der Waals surface area contributed by atoms with Gasteiger partial charge in [-0.1, -0.05) is 19.4 Å². The van der Waals surface area contributed by atoms with Crippen molar-refractivity contribution in [2.45, 2.75) is 40.0 Å². The van der Waals surface area contributed by atoms with Crippen molar-refractivity contribution in [2.75, 3.05) is 13.1 Å². The van der Waals surface area contributed by atoms with E-state index in [2.05, 4.69) is 6.92 Å². The van der Waals surface area contributed by atoms with Crippen LogP contribution in [0, 0.1) is 0 Å². The van der Waals surface area contributed by atoms with E-state index in [0.29, 0.717) is 5.70 Å². The summed E-state index contributed by atoms with van der Waals surface area (Å²) in [5.74, 6) is -0.315. The summed E-state index contributed by atoms with van der Waals surface area (Å²) in [7, 11) is 0. The fourth-order valence-electron chi connectivity index (χ4n) is 1.39. The molecule has 0 saturated carbocycles. The molecule has 0 aliphatic rings. The molecule has 0 unspecified atom stereocenters. The second-order valence-electron chi connectivity index (χ2n) is 3.27. The summed E-state index contributed by atoms with van der Waals surface area (Å²) in [5, 5.41) is 0. The number of rotatable bonds is 7. The Balaban J connectivity index is 4.40. The average molecular weight is 198 g/mol. The molecule has 0 saturated heterocycles. The zero-order chi connectivity index (χ0) is 11.0. The maximum Gasteiger partial charge on any atom is 0.264 e. The predicted molar refractivity (Wildman–Crippen MR) is 59.7 cm³/mol. The third-order valence-corrected chi connectivity index (χ3v) is 2.25. The first-order valence-corrected chi connectivity index (χ1v) is 5.42. The van der Waals surface area contributed by atoms with Crippen LogP contribution in [0.25, 0.3) is 0 Å². The number of primary amides is 1. The Labute approximate surface area is 87.0 Å². The van der Waals surface area contributed by atoms with Crippen LogP contribution in [0.4, 0.5) is 0 Å². The molecule has 0 radical (unpaired) electrons. The van der Waals surface area contributed by atoms with Gasteiger partial charge in [-0.2, -0.15) is 0 Å². The molecule has 0 atom stereocenters. The Morgan fingerprint density at radius 3 is 2.21 bits per heavy atom. The quantitative estimate of drug-likeness (QED) is 0.501. The van der Waals surface area contributed by atoms with Crippen LogP contribution in [-0.4, -0.2) is 23.9 Å². The smallest absolute Gasteiger partial charge is 0.264 e. The van der Waals surface area contributed by atoms with Gasteiger partial charge in [0.05, 0.1) is 5.70 Å². The molecule has 0 rings (SSSR count). The maximum absolute atomic E-state index is 11.2. The lowest BCUT2D eigenvalue weighted by Crippen LogP contribution is -2.31. The molecule has 1 amide bonds. The molecule has 14 heavy (non-hydrogen) atoms. The third-order valence-electron chi connectivity index (χ3n) is 2.25. The molecule has 0 aromatic rings. The van der Waals surface area contributed by atoms with Crippen molar-refractivity contribution in [2.24, 2.45) is 5.73 Å². The molecule has 2 N–H and O–H groups in total. The minimum atomic E-state index is -0.315. The van der Waals surface area contributed by atoms with Crippen molar-refractivity contribution in [1.82, 2.24) is 4.90 Å². The standard InChI is InChI=1S/C11H22N2O/c1-4-7-8-9-10(11(12)14)13(5-2)6-3/h9H,4-8H2,1-3H3,(H2,12,14)/b10-9+.